The number of unbranched alkanes of at least 4 members (excludes halogenated alkanes) is 5. The van der Waals surface area contributed by atoms with Crippen LogP contribution in [-0.4, -0.2) is 46.6 Å². The largest absolute Gasteiger partial charge is 0.465 e. The molecule has 0 radical (unpaired) electrons. The van der Waals surface area contributed by atoms with Crippen molar-refractivity contribution in [1.82, 2.24) is 20.4 Å². The molecular formula is C28H30N4O4S2. The van der Waals surface area contributed by atoms with E-state index >= 15 is 0 Å². The number of hydrogen-bond donors (Lipinski definition) is 0. The van der Waals surface area contributed by atoms with E-state index in [4.69, 9.17) is 9.47 Å². The summed E-state index contributed by atoms with van der Waals surface area (Å²) in [5.74, 6) is -0.686. The molecule has 0 aliphatic rings. The summed E-state index contributed by atoms with van der Waals surface area (Å²) >= 11 is 3.22. The van der Waals surface area contributed by atoms with Crippen LogP contribution in [0.3, 0.4) is 0 Å². The lowest BCUT2D eigenvalue weighted by Crippen LogP contribution is -2.00. The van der Waals surface area contributed by atoms with Gasteiger partial charge in [-0.3, -0.25) is 0 Å². The van der Waals surface area contributed by atoms with Crippen molar-refractivity contribution in [3.63, 3.8) is 0 Å². The average Bonchev–Trinajstić information content (AvgIpc) is 3.64. The monoisotopic (exact) mass is 550 g/mol. The van der Waals surface area contributed by atoms with Gasteiger partial charge in [0.05, 0.1) is 25.3 Å². The third-order valence-corrected chi connectivity index (χ3v) is 8.14. The number of aromatic nitrogens is 4. The molecule has 10 heteroatoms. The van der Waals surface area contributed by atoms with Crippen LogP contribution < -0.4 is 0 Å². The Balaban J connectivity index is 1.10. The van der Waals surface area contributed by atoms with Crippen molar-refractivity contribution in [3.05, 3.63) is 69.7 Å². The summed E-state index contributed by atoms with van der Waals surface area (Å²) in [7, 11) is 2.75. The van der Waals surface area contributed by atoms with Crippen LogP contribution in [0.4, 0.5) is 0 Å². The van der Waals surface area contributed by atoms with Crippen molar-refractivity contribution in [2.75, 3.05) is 14.2 Å². The van der Waals surface area contributed by atoms with Crippen LogP contribution in [0.15, 0.2) is 48.5 Å². The van der Waals surface area contributed by atoms with Crippen LogP contribution in [0.25, 0.3) is 21.1 Å². The minimum Gasteiger partial charge on any atom is -0.465 e. The second-order valence-electron chi connectivity index (χ2n) is 8.76. The van der Waals surface area contributed by atoms with Gasteiger partial charge in [0.25, 0.3) is 0 Å². The van der Waals surface area contributed by atoms with Gasteiger partial charge in [-0.05, 0) is 37.1 Å². The van der Waals surface area contributed by atoms with Crippen LogP contribution >= 0.6 is 22.7 Å². The highest BCUT2D eigenvalue weighted by Crippen LogP contribution is 2.26. The zero-order chi connectivity index (χ0) is 26.7. The average molecular weight is 551 g/mol. The lowest BCUT2D eigenvalue weighted by Gasteiger charge is -2.00. The van der Waals surface area contributed by atoms with Crippen molar-refractivity contribution >= 4 is 34.6 Å². The van der Waals surface area contributed by atoms with Crippen LogP contribution in [0.5, 0.6) is 0 Å². The van der Waals surface area contributed by atoms with Gasteiger partial charge in [-0.1, -0.05) is 72.6 Å². The van der Waals surface area contributed by atoms with Gasteiger partial charge >= 0.3 is 11.9 Å². The molecule has 2 aromatic heterocycles. The predicted molar refractivity (Wildman–Crippen MR) is 148 cm³/mol. The molecule has 0 N–H and O–H groups in total. The summed E-state index contributed by atoms with van der Waals surface area (Å²) in [5, 5.41) is 21.1. The molecule has 4 aromatic rings. The maximum atomic E-state index is 11.6. The molecule has 0 aliphatic carbocycles. The Morgan fingerprint density at radius 3 is 1.32 bits per heavy atom. The lowest BCUT2D eigenvalue weighted by molar-refractivity contribution is 0.0592. The molecule has 0 aliphatic heterocycles. The highest BCUT2D eigenvalue weighted by Gasteiger charge is 2.11. The molecule has 198 valence electrons. The third kappa shape index (κ3) is 7.52. The van der Waals surface area contributed by atoms with Crippen LogP contribution in [0.2, 0.25) is 0 Å². The maximum Gasteiger partial charge on any atom is 0.337 e. The second-order valence-corrected chi connectivity index (χ2v) is 10.9. The van der Waals surface area contributed by atoms with E-state index in [1.165, 1.54) is 39.9 Å². The van der Waals surface area contributed by atoms with Crippen molar-refractivity contribution in [3.8, 4) is 21.1 Å². The number of aryl methyl sites for hydroxylation is 2. The van der Waals surface area contributed by atoms with Crippen molar-refractivity contribution in [2.24, 2.45) is 0 Å². The molecular weight excluding hydrogens is 520 g/mol. The van der Waals surface area contributed by atoms with E-state index in [2.05, 4.69) is 20.4 Å². The van der Waals surface area contributed by atoms with E-state index in [1.807, 2.05) is 24.3 Å². The first-order valence-electron chi connectivity index (χ1n) is 12.6. The van der Waals surface area contributed by atoms with Crippen LogP contribution in [-0.2, 0) is 22.3 Å². The Kier molecular flexibility index (Phi) is 10.1. The Bertz CT molecular complexity index is 1230. The molecule has 0 atom stereocenters. The van der Waals surface area contributed by atoms with Crippen LogP contribution in [0, 0.1) is 0 Å². The summed E-state index contributed by atoms with van der Waals surface area (Å²) in [4.78, 5) is 23.2. The number of hydrogen-bond acceptors (Lipinski definition) is 10. The zero-order valence-corrected chi connectivity index (χ0v) is 23.1. The van der Waals surface area contributed by atoms with Crippen LogP contribution in [0.1, 0.15) is 69.3 Å². The maximum absolute atomic E-state index is 11.6. The number of esters is 2. The lowest BCUT2D eigenvalue weighted by atomic mass is 10.1. The first-order valence-corrected chi connectivity index (χ1v) is 14.2. The summed E-state index contributed by atoms with van der Waals surface area (Å²) in [6.45, 7) is 0. The van der Waals surface area contributed by atoms with Gasteiger partial charge < -0.3 is 9.47 Å². The highest BCUT2D eigenvalue weighted by molar-refractivity contribution is 7.15. The number of carbonyl (C=O) groups excluding carboxylic acids is 2. The molecule has 8 nitrogen and oxygen atoms in total. The molecule has 2 heterocycles. The van der Waals surface area contributed by atoms with Crippen molar-refractivity contribution < 1.29 is 19.1 Å². The quantitative estimate of drug-likeness (QED) is 0.139. The first kappa shape index (κ1) is 27.5. The van der Waals surface area contributed by atoms with Gasteiger partial charge in [0.15, 0.2) is 0 Å². The number of ether oxygens (including phenoxy) is 2. The number of benzene rings is 2. The topological polar surface area (TPSA) is 104 Å². The summed E-state index contributed by atoms with van der Waals surface area (Å²) in [5.41, 5.74) is 2.97. The summed E-state index contributed by atoms with van der Waals surface area (Å²) in [6, 6.07) is 14.5. The standard InChI is InChI=1S/C28H30N4O4S2/c1-35-27(33)21-15-11-19(12-16-21)25-31-29-23(37-25)9-7-5-3-4-6-8-10-24-30-32-26(38-24)20-13-17-22(18-14-20)28(34)36-2/h11-18H,3-10H2,1-2H3. The molecule has 0 saturated heterocycles. The van der Waals surface area contributed by atoms with Gasteiger partial charge in [0, 0.05) is 24.0 Å². The van der Waals surface area contributed by atoms with E-state index in [1.54, 1.807) is 46.9 Å². The minimum atomic E-state index is -0.343. The minimum absolute atomic E-state index is 0.343. The number of carbonyl (C=O) groups is 2. The molecule has 0 saturated carbocycles. The smallest absolute Gasteiger partial charge is 0.337 e. The molecule has 38 heavy (non-hydrogen) atoms. The Hall–Kier alpha value is -3.50. The summed E-state index contributed by atoms with van der Waals surface area (Å²) in [6.07, 6.45) is 8.83. The number of methoxy groups -OCH3 is 2. The fourth-order valence-electron chi connectivity index (χ4n) is 3.94. The molecule has 0 spiro atoms. The van der Waals surface area contributed by atoms with E-state index in [0.29, 0.717) is 11.1 Å². The normalized spacial score (nSPS) is 10.9. The second kappa shape index (κ2) is 13.9. The third-order valence-electron chi connectivity index (χ3n) is 6.07. The number of nitrogens with zero attached hydrogens (tertiary/aromatic N) is 4. The fourth-order valence-corrected chi connectivity index (χ4v) is 5.71. The first-order chi connectivity index (χ1) is 18.6. The Morgan fingerprint density at radius 1 is 0.579 bits per heavy atom. The van der Waals surface area contributed by atoms with E-state index in [0.717, 1.165) is 56.8 Å². The Labute approximate surface area is 230 Å². The van der Waals surface area contributed by atoms with Gasteiger partial charge in [-0.25, -0.2) is 9.59 Å². The fraction of sp³-hybridized carbons (Fsp3) is 0.357. The SMILES string of the molecule is COC(=O)c1ccc(-c2nnc(CCCCCCCCc3nnc(-c4ccc(C(=O)OC)cc4)s3)s2)cc1. The molecule has 4 rings (SSSR count). The number of rotatable bonds is 13. The highest BCUT2D eigenvalue weighted by atomic mass is 32.1. The molecule has 0 unspecified atom stereocenters. The van der Waals surface area contributed by atoms with Gasteiger partial charge in [0.2, 0.25) is 0 Å². The molecule has 0 amide bonds. The van der Waals surface area contributed by atoms with Gasteiger partial charge in [-0.15, -0.1) is 20.4 Å². The van der Waals surface area contributed by atoms with Gasteiger partial charge in [-0.2, -0.15) is 0 Å². The zero-order valence-electron chi connectivity index (χ0n) is 21.5. The van der Waals surface area contributed by atoms with Gasteiger partial charge in [0.1, 0.15) is 20.0 Å². The predicted octanol–water partition coefficient (Wildman–Crippen LogP) is 6.42. The van der Waals surface area contributed by atoms with Crippen molar-refractivity contribution in [1.29, 1.82) is 0 Å². The molecule has 0 fully saturated rings. The summed E-state index contributed by atoms with van der Waals surface area (Å²) < 4.78 is 9.48. The molecule has 0 bridgehead atoms. The van der Waals surface area contributed by atoms with E-state index in [-0.39, 0.29) is 11.9 Å². The Morgan fingerprint density at radius 2 is 0.947 bits per heavy atom. The van der Waals surface area contributed by atoms with E-state index < -0.39 is 0 Å². The van der Waals surface area contributed by atoms with Crippen molar-refractivity contribution in [2.45, 2.75) is 51.4 Å². The van der Waals surface area contributed by atoms with E-state index in [9.17, 15) is 9.59 Å². The molecule has 2 aromatic carbocycles.